The third-order valence-electron chi connectivity index (χ3n) is 25.0. The van der Waals surface area contributed by atoms with Crippen molar-refractivity contribution in [1.29, 1.82) is 0 Å². The highest BCUT2D eigenvalue weighted by Crippen LogP contribution is 2.56. The van der Waals surface area contributed by atoms with Crippen LogP contribution in [0.3, 0.4) is 0 Å². The molecule has 3 aliphatic rings. The number of hydrogen-bond acceptors (Lipinski definition) is 1. The lowest BCUT2D eigenvalue weighted by Crippen LogP contribution is -2.15. The summed E-state index contributed by atoms with van der Waals surface area (Å²) in [4.78, 5) is 2.36. The first-order valence-electron chi connectivity index (χ1n) is 38.6. The second-order valence-corrected chi connectivity index (χ2v) is 32.0. The highest BCUT2D eigenvalue weighted by molar-refractivity contribution is 6.16. The molecule has 3 aliphatic carbocycles. The number of para-hydroxylation sites is 7. The summed E-state index contributed by atoms with van der Waals surface area (Å²) in [6, 6.07) is 132. The molecule has 20 aromatic rings. The lowest BCUT2D eigenvalue weighted by molar-refractivity contribution is 0.660. The number of anilines is 3. The van der Waals surface area contributed by atoms with Crippen LogP contribution < -0.4 is 4.90 Å². The molecule has 0 N–H and O–H groups in total. The Labute approximate surface area is 639 Å². The molecule has 16 aromatic carbocycles. The number of hydrogen-bond donors (Lipinski definition) is 0. The first-order chi connectivity index (χ1) is 53.8. The van der Waals surface area contributed by atoms with E-state index >= 15 is 0 Å². The highest BCUT2D eigenvalue weighted by atomic mass is 15.1. The smallest absolute Gasteiger partial charge is 0.0547 e. The van der Waals surface area contributed by atoms with E-state index in [4.69, 9.17) is 0 Å². The first kappa shape index (κ1) is 63.8. The minimum Gasteiger partial charge on any atom is -0.310 e. The van der Waals surface area contributed by atoms with Gasteiger partial charge in [0.15, 0.2) is 0 Å². The Bertz CT molecular complexity index is 7180. The maximum Gasteiger partial charge on any atom is 0.0547 e. The molecule has 0 amide bonds. The van der Waals surface area contributed by atoms with Crippen molar-refractivity contribution in [3.8, 4) is 67.3 Å². The zero-order valence-corrected chi connectivity index (χ0v) is 62.3. The molecular weight excluding hydrogens is 1330 g/mol. The Morgan fingerprint density at radius 2 is 0.527 bits per heavy atom. The fourth-order valence-electron chi connectivity index (χ4n) is 19.7. The van der Waals surface area contributed by atoms with Crippen LogP contribution in [0, 0.1) is 0 Å². The molecule has 4 aromatic heterocycles. The average molecular weight is 1410 g/mol. The van der Waals surface area contributed by atoms with E-state index in [1.54, 1.807) is 0 Å². The van der Waals surface area contributed by atoms with Crippen molar-refractivity contribution in [3.05, 3.63) is 391 Å². The van der Waals surface area contributed by atoms with Crippen LogP contribution in [0.5, 0.6) is 0 Å². The average Bonchev–Trinajstić information content (AvgIpc) is 1.55. The molecular formula is C105H77N5. The van der Waals surface area contributed by atoms with Crippen LogP contribution in [0.15, 0.2) is 358 Å². The van der Waals surface area contributed by atoms with Gasteiger partial charge in [0.25, 0.3) is 0 Å². The van der Waals surface area contributed by atoms with Gasteiger partial charge in [-0.15, -0.1) is 0 Å². The molecule has 5 heteroatoms. The van der Waals surface area contributed by atoms with Crippen LogP contribution >= 0.6 is 0 Å². The number of fused-ring (bicyclic) bond motifs is 21. The largest absolute Gasteiger partial charge is 0.310 e. The summed E-state index contributed by atoms with van der Waals surface area (Å²) in [7, 11) is 0. The molecule has 0 saturated carbocycles. The van der Waals surface area contributed by atoms with Gasteiger partial charge in [0, 0.05) is 99.1 Å². The Kier molecular flexibility index (Phi) is 13.8. The summed E-state index contributed by atoms with van der Waals surface area (Å²) < 4.78 is 9.79. The highest BCUT2D eigenvalue weighted by Gasteiger charge is 2.40. The van der Waals surface area contributed by atoms with Gasteiger partial charge in [-0.1, -0.05) is 248 Å². The van der Waals surface area contributed by atoms with Gasteiger partial charge in [-0.25, -0.2) is 0 Å². The molecule has 23 rings (SSSR count). The van der Waals surface area contributed by atoms with Crippen molar-refractivity contribution >= 4 is 104 Å². The Morgan fingerprint density at radius 3 is 1.08 bits per heavy atom. The lowest BCUT2D eigenvalue weighted by Gasteiger charge is -2.25. The predicted molar refractivity (Wildman–Crippen MR) is 463 cm³/mol. The molecule has 0 saturated heterocycles. The van der Waals surface area contributed by atoms with E-state index in [1.807, 2.05) is 0 Å². The quantitative estimate of drug-likeness (QED) is 0.149. The standard InChI is InChI=1S/C54H40N2.C51H37N3/c1-53(2)45-19-11-8-16-37(45)43-32-52-44(31-48(43)53)40-18-10-13-21-50(40)56(52)36-24-26-38-42-28-33(23-27-46(42)54(3,4)47(38)30-36)34-22-25-41-39-17-9-12-20-49(39)55(51(41)29-34)35-14-6-5-7-15-35;1-51(2)45-24-14-12-22-39(45)41-33-50-44(32-46(41)51)43-30-37(52(34-16-6-3-7-17-34)35-18-8-4-9-19-35)26-28-49(43)54(50)38-27-29-48-42(31-38)40-23-13-15-25-47(40)53(48)36-20-10-5-11-21-36/h5-32H,1-4H3;3-33H,1-2H3. The van der Waals surface area contributed by atoms with E-state index in [2.05, 4.69) is 423 Å². The van der Waals surface area contributed by atoms with Gasteiger partial charge in [0.05, 0.1) is 44.1 Å². The van der Waals surface area contributed by atoms with Crippen LogP contribution in [0.1, 0.15) is 74.9 Å². The summed E-state index contributed by atoms with van der Waals surface area (Å²) in [5.41, 5.74) is 36.4. The molecule has 5 nitrogen and oxygen atoms in total. The fourth-order valence-corrected chi connectivity index (χ4v) is 19.7. The van der Waals surface area contributed by atoms with Crippen molar-refractivity contribution in [2.24, 2.45) is 0 Å². The normalized spacial score (nSPS) is 13.9. The summed E-state index contributed by atoms with van der Waals surface area (Å²) in [6.07, 6.45) is 0. The maximum absolute atomic E-state index is 2.50. The number of aromatic nitrogens is 4. The summed E-state index contributed by atoms with van der Waals surface area (Å²) in [5, 5.41) is 10.2. The second-order valence-electron chi connectivity index (χ2n) is 32.0. The molecule has 110 heavy (non-hydrogen) atoms. The molecule has 0 fully saturated rings. The molecule has 522 valence electrons. The lowest BCUT2D eigenvalue weighted by atomic mass is 9.82. The van der Waals surface area contributed by atoms with Crippen LogP contribution in [-0.2, 0) is 16.2 Å². The predicted octanol–water partition coefficient (Wildman–Crippen LogP) is 27.8. The molecule has 4 heterocycles. The van der Waals surface area contributed by atoms with Gasteiger partial charge >= 0.3 is 0 Å². The van der Waals surface area contributed by atoms with E-state index in [9.17, 15) is 0 Å². The van der Waals surface area contributed by atoms with E-state index in [0.717, 1.165) is 22.7 Å². The monoisotopic (exact) mass is 1410 g/mol. The molecule has 0 bridgehead atoms. The van der Waals surface area contributed by atoms with Crippen molar-refractivity contribution in [1.82, 2.24) is 18.3 Å². The summed E-state index contributed by atoms with van der Waals surface area (Å²) in [5.74, 6) is 0. The van der Waals surface area contributed by atoms with E-state index in [1.165, 1.54) is 182 Å². The van der Waals surface area contributed by atoms with Crippen LogP contribution in [0.25, 0.3) is 154 Å². The first-order valence-corrected chi connectivity index (χ1v) is 38.6. The molecule has 0 aliphatic heterocycles. The number of benzene rings is 16. The zero-order valence-electron chi connectivity index (χ0n) is 62.3. The maximum atomic E-state index is 2.50. The van der Waals surface area contributed by atoms with Crippen molar-refractivity contribution < 1.29 is 0 Å². The third kappa shape index (κ3) is 9.28. The van der Waals surface area contributed by atoms with Crippen LogP contribution in [0.4, 0.5) is 17.1 Å². The van der Waals surface area contributed by atoms with Crippen molar-refractivity contribution in [3.63, 3.8) is 0 Å². The summed E-state index contributed by atoms with van der Waals surface area (Å²) in [6.45, 7) is 14.3. The minimum absolute atomic E-state index is 0.0440. The van der Waals surface area contributed by atoms with Crippen molar-refractivity contribution in [2.45, 2.75) is 57.8 Å². The molecule has 0 radical (unpaired) electrons. The number of nitrogens with zero attached hydrogens (tertiary/aromatic N) is 5. The zero-order chi connectivity index (χ0) is 73.5. The third-order valence-corrected chi connectivity index (χ3v) is 25.0. The Balaban J connectivity index is 0.000000136. The molecule has 0 atom stereocenters. The Morgan fingerprint density at radius 1 is 0.182 bits per heavy atom. The van der Waals surface area contributed by atoms with Gasteiger partial charge in [0.2, 0.25) is 0 Å². The van der Waals surface area contributed by atoms with E-state index < -0.39 is 0 Å². The molecule has 0 spiro atoms. The fraction of sp³-hybridized carbons (Fsp3) is 0.0857. The number of rotatable bonds is 8. The second kappa shape index (κ2) is 23.8. The Hall–Kier alpha value is -13.5. The van der Waals surface area contributed by atoms with Gasteiger partial charge in [-0.3, -0.25) is 0 Å². The van der Waals surface area contributed by atoms with E-state index in [-0.39, 0.29) is 16.2 Å². The van der Waals surface area contributed by atoms with Gasteiger partial charge in [-0.05, 0) is 230 Å². The van der Waals surface area contributed by atoms with E-state index in [0.29, 0.717) is 0 Å². The van der Waals surface area contributed by atoms with Crippen LogP contribution in [-0.4, -0.2) is 18.3 Å². The topological polar surface area (TPSA) is 23.0 Å². The summed E-state index contributed by atoms with van der Waals surface area (Å²) >= 11 is 0. The molecule has 0 unspecified atom stereocenters. The van der Waals surface area contributed by atoms with Gasteiger partial charge in [0.1, 0.15) is 0 Å². The van der Waals surface area contributed by atoms with Crippen molar-refractivity contribution in [2.75, 3.05) is 4.90 Å². The van der Waals surface area contributed by atoms with Gasteiger partial charge in [-0.2, -0.15) is 0 Å². The minimum atomic E-state index is -0.147. The SMILES string of the molecule is CC1(C)c2ccc(-c3ccc4c5ccccc5n(-c5ccccc5)c4c3)cc2-c2ccc(-n3c4ccccc4c4cc5c(cc43)-c3ccccc3C5(C)C)cc21.CC1(C)c2ccccc2-c2cc3c(cc21)c1cc(N(c2ccccc2)c2ccccc2)ccc1n3-c1ccc2c(c1)c1ccccc1n2-c1ccccc1. The van der Waals surface area contributed by atoms with Gasteiger partial charge < -0.3 is 23.2 Å². The van der Waals surface area contributed by atoms with Crippen LogP contribution in [0.2, 0.25) is 0 Å².